The minimum atomic E-state index is 0.198. The minimum Gasteiger partial charge on any atom is -0.329 e. The van der Waals surface area contributed by atoms with E-state index in [0.29, 0.717) is 0 Å². The van der Waals surface area contributed by atoms with Crippen LogP contribution in [0.15, 0.2) is 24.5 Å². The lowest BCUT2D eigenvalue weighted by molar-refractivity contribution is 0.0891. The van der Waals surface area contributed by atoms with E-state index in [2.05, 4.69) is 36.0 Å². The molecular weight excluding hydrogens is 210 g/mol. The predicted octanol–water partition coefficient (Wildman–Crippen LogP) is 2.03. The van der Waals surface area contributed by atoms with Crippen LogP contribution < -0.4 is 5.73 Å². The average Bonchev–Trinajstić information content (AvgIpc) is 3.17. The minimum absolute atomic E-state index is 0.198. The molecule has 2 rings (SSSR count). The summed E-state index contributed by atoms with van der Waals surface area (Å²) in [5.74, 6) is 0.796. The fourth-order valence-corrected chi connectivity index (χ4v) is 2.88. The van der Waals surface area contributed by atoms with Crippen molar-refractivity contribution < 1.29 is 0 Å². The average molecular weight is 233 g/mol. The van der Waals surface area contributed by atoms with Crippen molar-refractivity contribution in [2.75, 3.05) is 13.6 Å². The molecule has 1 atom stereocenters. The number of pyridine rings is 1. The van der Waals surface area contributed by atoms with Gasteiger partial charge in [-0.25, -0.2) is 0 Å². The van der Waals surface area contributed by atoms with Gasteiger partial charge < -0.3 is 5.73 Å². The van der Waals surface area contributed by atoms with Gasteiger partial charge >= 0.3 is 0 Å². The van der Waals surface area contributed by atoms with Crippen molar-refractivity contribution in [3.63, 3.8) is 0 Å². The summed E-state index contributed by atoms with van der Waals surface area (Å²) in [5.41, 5.74) is 7.57. The van der Waals surface area contributed by atoms with E-state index >= 15 is 0 Å². The Morgan fingerprint density at radius 1 is 1.41 bits per heavy atom. The van der Waals surface area contributed by atoms with E-state index in [1.807, 2.05) is 12.4 Å². The molecule has 2 N–H and O–H groups in total. The number of nitrogens with zero attached hydrogens (tertiary/aromatic N) is 2. The molecule has 3 nitrogen and oxygen atoms in total. The number of rotatable bonds is 6. The van der Waals surface area contributed by atoms with Gasteiger partial charge in [0.05, 0.1) is 0 Å². The monoisotopic (exact) mass is 233 g/mol. The number of nitrogens with two attached hydrogens (primary N) is 1. The SMILES string of the molecule is CCC(CN)(C1CC1)N(C)Cc1ccncc1. The van der Waals surface area contributed by atoms with Gasteiger partial charge in [-0.1, -0.05) is 6.92 Å². The zero-order chi connectivity index (χ0) is 12.3. The van der Waals surface area contributed by atoms with Crippen molar-refractivity contribution in [3.8, 4) is 0 Å². The molecule has 0 saturated heterocycles. The first-order chi connectivity index (χ1) is 8.23. The van der Waals surface area contributed by atoms with E-state index < -0.39 is 0 Å². The summed E-state index contributed by atoms with van der Waals surface area (Å²) in [6.45, 7) is 3.98. The predicted molar refractivity (Wildman–Crippen MR) is 70.5 cm³/mol. The Morgan fingerprint density at radius 2 is 2.06 bits per heavy atom. The molecule has 1 unspecified atom stereocenters. The van der Waals surface area contributed by atoms with Crippen molar-refractivity contribution >= 4 is 0 Å². The van der Waals surface area contributed by atoms with Crippen LogP contribution in [0.4, 0.5) is 0 Å². The van der Waals surface area contributed by atoms with Gasteiger partial charge in [0.15, 0.2) is 0 Å². The van der Waals surface area contributed by atoms with Gasteiger partial charge in [0.25, 0.3) is 0 Å². The second kappa shape index (κ2) is 5.15. The van der Waals surface area contributed by atoms with E-state index in [9.17, 15) is 0 Å². The third-order valence-electron chi connectivity index (χ3n) is 4.23. The molecule has 1 aromatic rings. The molecule has 3 heteroatoms. The largest absolute Gasteiger partial charge is 0.329 e. The third kappa shape index (κ3) is 2.50. The van der Waals surface area contributed by atoms with Gasteiger partial charge in [0, 0.05) is 31.0 Å². The van der Waals surface area contributed by atoms with Crippen molar-refractivity contribution in [1.29, 1.82) is 0 Å². The highest BCUT2D eigenvalue weighted by atomic mass is 15.2. The zero-order valence-corrected chi connectivity index (χ0v) is 10.9. The van der Waals surface area contributed by atoms with Crippen LogP contribution in [0.1, 0.15) is 31.7 Å². The van der Waals surface area contributed by atoms with Crippen LogP contribution in [0.2, 0.25) is 0 Å². The van der Waals surface area contributed by atoms with Gasteiger partial charge in [-0.15, -0.1) is 0 Å². The molecule has 0 bridgehead atoms. The van der Waals surface area contributed by atoms with Gasteiger partial charge in [-0.05, 0) is 49.9 Å². The van der Waals surface area contributed by atoms with Crippen molar-refractivity contribution in [1.82, 2.24) is 9.88 Å². The molecule has 0 radical (unpaired) electrons. The first-order valence-corrected chi connectivity index (χ1v) is 6.53. The molecule has 0 aromatic carbocycles. The Kier molecular flexibility index (Phi) is 3.79. The highest BCUT2D eigenvalue weighted by Gasteiger charge is 2.45. The molecular formula is C14H23N3. The van der Waals surface area contributed by atoms with Gasteiger partial charge in [-0.2, -0.15) is 0 Å². The first-order valence-electron chi connectivity index (χ1n) is 6.53. The van der Waals surface area contributed by atoms with E-state index in [4.69, 9.17) is 5.73 Å². The van der Waals surface area contributed by atoms with Crippen LogP contribution in [-0.4, -0.2) is 29.0 Å². The fourth-order valence-electron chi connectivity index (χ4n) is 2.88. The Labute approximate surface area is 104 Å². The van der Waals surface area contributed by atoms with Crippen LogP contribution in [0, 0.1) is 5.92 Å². The molecule has 17 heavy (non-hydrogen) atoms. The smallest absolute Gasteiger partial charge is 0.0357 e. The van der Waals surface area contributed by atoms with Gasteiger partial charge in [-0.3, -0.25) is 9.88 Å². The molecule has 1 fully saturated rings. The molecule has 1 heterocycles. The first kappa shape index (κ1) is 12.5. The topological polar surface area (TPSA) is 42.1 Å². The second-order valence-electron chi connectivity index (χ2n) is 5.15. The van der Waals surface area contributed by atoms with E-state index in [1.54, 1.807) is 0 Å². The molecule has 1 aromatic heterocycles. The van der Waals surface area contributed by atoms with E-state index in [-0.39, 0.29) is 5.54 Å². The lowest BCUT2D eigenvalue weighted by Gasteiger charge is -2.41. The van der Waals surface area contributed by atoms with Gasteiger partial charge in [0.2, 0.25) is 0 Å². The number of hydrogen-bond donors (Lipinski definition) is 1. The molecule has 0 spiro atoms. The van der Waals surface area contributed by atoms with Crippen LogP contribution in [-0.2, 0) is 6.54 Å². The normalized spacial score (nSPS) is 19.3. The van der Waals surface area contributed by atoms with Crippen LogP contribution >= 0.6 is 0 Å². The van der Waals surface area contributed by atoms with E-state index in [0.717, 1.165) is 25.4 Å². The maximum absolute atomic E-state index is 6.06. The molecule has 1 aliphatic rings. The van der Waals surface area contributed by atoms with Gasteiger partial charge in [0.1, 0.15) is 0 Å². The molecule has 1 saturated carbocycles. The fraction of sp³-hybridized carbons (Fsp3) is 0.643. The summed E-state index contributed by atoms with van der Waals surface area (Å²) in [5, 5.41) is 0. The van der Waals surface area contributed by atoms with Crippen molar-refractivity contribution in [2.24, 2.45) is 11.7 Å². The standard InChI is InChI=1S/C14H23N3/c1-3-14(11-15,13-4-5-13)17(2)10-12-6-8-16-9-7-12/h6-9,13H,3-5,10-11,15H2,1-2H3. The summed E-state index contributed by atoms with van der Waals surface area (Å²) in [6.07, 6.45) is 7.53. The molecule has 1 aliphatic carbocycles. The highest BCUT2D eigenvalue weighted by molar-refractivity contribution is 5.11. The highest BCUT2D eigenvalue weighted by Crippen LogP contribution is 2.44. The summed E-state index contributed by atoms with van der Waals surface area (Å²) < 4.78 is 0. The Balaban J connectivity index is 2.09. The quantitative estimate of drug-likeness (QED) is 0.817. The number of aromatic nitrogens is 1. The molecule has 94 valence electrons. The van der Waals surface area contributed by atoms with Crippen molar-refractivity contribution in [2.45, 2.75) is 38.3 Å². The van der Waals surface area contributed by atoms with Crippen LogP contribution in [0.5, 0.6) is 0 Å². The Hall–Kier alpha value is -0.930. The lowest BCUT2D eigenvalue weighted by Crippen LogP contribution is -2.53. The van der Waals surface area contributed by atoms with E-state index in [1.165, 1.54) is 18.4 Å². The Bertz CT molecular complexity index is 342. The number of hydrogen-bond acceptors (Lipinski definition) is 3. The zero-order valence-electron chi connectivity index (χ0n) is 10.9. The summed E-state index contributed by atoms with van der Waals surface area (Å²) in [4.78, 5) is 6.50. The molecule has 0 amide bonds. The third-order valence-corrected chi connectivity index (χ3v) is 4.23. The maximum Gasteiger partial charge on any atom is 0.0357 e. The number of likely N-dealkylation sites (N-methyl/N-ethyl adjacent to an activating group) is 1. The summed E-state index contributed by atoms with van der Waals surface area (Å²) in [7, 11) is 2.20. The summed E-state index contributed by atoms with van der Waals surface area (Å²) >= 11 is 0. The maximum atomic E-state index is 6.06. The summed E-state index contributed by atoms with van der Waals surface area (Å²) in [6, 6.07) is 4.17. The van der Waals surface area contributed by atoms with Crippen LogP contribution in [0.3, 0.4) is 0 Å². The Morgan fingerprint density at radius 3 is 2.53 bits per heavy atom. The van der Waals surface area contributed by atoms with Crippen molar-refractivity contribution in [3.05, 3.63) is 30.1 Å². The van der Waals surface area contributed by atoms with Crippen LogP contribution in [0.25, 0.3) is 0 Å². The molecule has 0 aliphatic heterocycles. The second-order valence-corrected chi connectivity index (χ2v) is 5.15. The lowest BCUT2D eigenvalue weighted by atomic mass is 9.88.